The highest BCUT2D eigenvalue weighted by Crippen LogP contribution is 2.24. The molecule has 0 saturated carbocycles. The topological polar surface area (TPSA) is 18.8 Å². The smallest absolute Gasteiger partial charge is 0.201 e. The molecule has 0 atom stereocenters. The van der Waals surface area contributed by atoms with Crippen LogP contribution in [0.3, 0.4) is 0 Å². The van der Waals surface area contributed by atoms with Crippen molar-refractivity contribution < 1.29 is 0 Å². The number of aryl methyl sites for hydroxylation is 1. The molecule has 2 heterocycles. The third-order valence-electron chi connectivity index (χ3n) is 3.61. The number of anilines is 1. The Kier molecular flexibility index (Phi) is 2.75. The van der Waals surface area contributed by atoms with Crippen LogP contribution >= 0.6 is 0 Å². The Morgan fingerprint density at radius 2 is 1.88 bits per heavy atom. The zero-order chi connectivity index (χ0) is 11.7. The van der Waals surface area contributed by atoms with Crippen molar-refractivity contribution in [3.8, 4) is 0 Å². The Morgan fingerprint density at radius 1 is 1.06 bits per heavy atom. The summed E-state index contributed by atoms with van der Waals surface area (Å²) in [5.41, 5.74) is 2.66. The number of hydrogen-bond donors (Lipinski definition) is 0. The monoisotopic (exact) mass is 229 g/mol. The number of hydrogen-bond acceptors (Lipinski definition) is 3. The van der Waals surface area contributed by atoms with Crippen molar-refractivity contribution in [1.82, 2.24) is 4.90 Å². The van der Waals surface area contributed by atoms with Crippen LogP contribution in [0.5, 0.6) is 0 Å². The van der Waals surface area contributed by atoms with E-state index in [1.165, 1.54) is 36.6 Å². The lowest BCUT2D eigenvalue weighted by molar-refractivity contribution is 0.451. The second kappa shape index (κ2) is 4.40. The quantitative estimate of drug-likeness (QED) is 0.735. The standard InChI is InChI=1S/C14H19N3/c1-12-6-2-3-7-13(12)17-10-5-4-9-16-11-8-15-14(16)17/h2-3,6-7H,4-5,8-11H2,1H3. The highest BCUT2D eigenvalue weighted by atomic mass is 15.4. The number of benzene rings is 1. The van der Waals surface area contributed by atoms with Crippen LogP contribution in [0.2, 0.25) is 0 Å². The van der Waals surface area contributed by atoms with Crippen LogP contribution in [0.4, 0.5) is 5.69 Å². The summed E-state index contributed by atoms with van der Waals surface area (Å²) < 4.78 is 0. The average Bonchev–Trinajstić information content (AvgIpc) is 2.71. The first kappa shape index (κ1) is 10.6. The minimum atomic E-state index is 0.956. The Labute approximate surface area is 103 Å². The minimum absolute atomic E-state index is 0.956. The largest absolute Gasteiger partial charge is 0.341 e. The molecule has 0 radical (unpaired) electrons. The molecule has 2 aliphatic rings. The Morgan fingerprint density at radius 3 is 2.76 bits per heavy atom. The summed E-state index contributed by atoms with van der Waals surface area (Å²) in [6.45, 7) is 6.50. The van der Waals surface area contributed by atoms with Crippen LogP contribution in [-0.4, -0.2) is 37.0 Å². The van der Waals surface area contributed by atoms with Crippen LogP contribution in [0, 0.1) is 6.92 Å². The van der Waals surface area contributed by atoms with E-state index >= 15 is 0 Å². The van der Waals surface area contributed by atoms with Crippen LogP contribution in [0.15, 0.2) is 29.3 Å². The molecular formula is C14H19N3. The van der Waals surface area contributed by atoms with Crippen molar-refractivity contribution in [3.05, 3.63) is 29.8 Å². The molecule has 1 aromatic rings. The van der Waals surface area contributed by atoms with Gasteiger partial charge in [0.05, 0.1) is 6.54 Å². The van der Waals surface area contributed by atoms with Gasteiger partial charge in [-0.2, -0.15) is 0 Å². The van der Waals surface area contributed by atoms with Crippen LogP contribution < -0.4 is 4.90 Å². The predicted octanol–water partition coefficient (Wildman–Crippen LogP) is 2.27. The first-order chi connectivity index (χ1) is 8.36. The number of aliphatic imine (C=N–C) groups is 1. The summed E-state index contributed by atoms with van der Waals surface area (Å²) in [6, 6.07) is 8.61. The van der Waals surface area contributed by atoms with Gasteiger partial charge in [0.1, 0.15) is 0 Å². The van der Waals surface area contributed by atoms with Gasteiger partial charge in [0.25, 0.3) is 0 Å². The maximum Gasteiger partial charge on any atom is 0.201 e. The van der Waals surface area contributed by atoms with Crippen LogP contribution in [0.1, 0.15) is 18.4 Å². The Balaban J connectivity index is 1.98. The van der Waals surface area contributed by atoms with E-state index in [0.717, 1.165) is 19.6 Å². The molecule has 2 aliphatic heterocycles. The van der Waals surface area contributed by atoms with Gasteiger partial charge in [-0.05, 0) is 31.4 Å². The van der Waals surface area contributed by atoms with Gasteiger partial charge >= 0.3 is 0 Å². The van der Waals surface area contributed by atoms with Gasteiger partial charge < -0.3 is 9.80 Å². The van der Waals surface area contributed by atoms with E-state index in [9.17, 15) is 0 Å². The molecule has 1 aromatic carbocycles. The number of para-hydroxylation sites is 1. The van der Waals surface area contributed by atoms with Crippen LogP contribution in [-0.2, 0) is 0 Å². The summed E-state index contributed by atoms with van der Waals surface area (Å²) in [7, 11) is 0. The Hall–Kier alpha value is -1.51. The van der Waals surface area contributed by atoms with Gasteiger partial charge in [-0.25, -0.2) is 0 Å². The van der Waals surface area contributed by atoms with E-state index in [0.29, 0.717) is 0 Å². The van der Waals surface area contributed by atoms with Gasteiger partial charge in [-0.15, -0.1) is 0 Å². The molecule has 0 N–H and O–H groups in total. The molecule has 17 heavy (non-hydrogen) atoms. The average molecular weight is 229 g/mol. The highest BCUT2D eigenvalue weighted by Gasteiger charge is 2.26. The third-order valence-corrected chi connectivity index (χ3v) is 3.61. The fraction of sp³-hybridized carbons (Fsp3) is 0.500. The maximum absolute atomic E-state index is 4.69. The first-order valence-electron chi connectivity index (χ1n) is 6.49. The molecule has 0 unspecified atom stereocenters. The number of guanidine groups is 1. The zero-order valence-electron chi connectivity index (χ0n) is 10.4. The van der Waals surface area contributed by atoms with Crippen molar-refractivity contribution in [2.24, 2.45) is 4.99 Å². The molecule has 90 valence electrons. The fourth-order valence-electron chi connectivity index (χ4n) is 2.71. The zero-order valence-corrected chi connectivity index (χ0v) is 10.4. The fourth-order valence-corrected chi connectivity index (χ4v) is 2.71. The van der Waals surface area contributed by atoms with Gasteiger partial charge in [-0.1, -0.05) is 18.2 Å². The van der Waals surface area contributed by atoms with E-state index in [2.05, 4.69) is 46.0 Å². The minimum Gasteiger partial charge on any atom is -0.341 e. The molecular weight excluding hydrogens is 210 g/mol. The van der Waals surface area contributed by atoms with E-state index in [4.69, 9.17) is 0 Å². The van der Waals surface area contributed by atoms with Gasteiger partial charge in [0.2, 0.25) is 5.96 Å². The van der Waals surface area contributed by atoms with Crippen LogP contribution in [0.25, 0.3) is 0 Å². The molecule has 0 aromatic heterocycles. The third kappa shape index (κ3) is 1.90. The van der Waals surface area contributed by atoms with Crippen molar-refractivity contribution in [2.75, 3.05) is 31.1 Å². The Bertz CT molecular complexity index is 439. The van der Waals surface area contributed by atoms with Gasteiger partial charge in [0, 0.05) is 25.3 Å². The molecule has 1 saturated heterocycles. The van der Waals surface area contributed by atoms with E-state index in [1.54, 1.807) is 0 Å². The number of nitrogens with zero attached hydrogens (tertiary/aromatic N) is 3. The summed E-state index contributed by atoms with van der Waals surface area (Å²) in [6.07, 6.45) is 2.53. The van der Waals surface area contributed by atoms with Crippen molar-refractivity contribution >= 4 is 11.6 Å². The predicted molar refractivity (Wildman–Crippen MR) is 71.6 cm³/mol. The summed E-state index contributed by atoms with van der Waals surface area (Å²) >= 11 is 0. The lowest BCUT2D eigenvalue weighted by atomic mass is 10.2. The molecule has 3 nitrogen and oxygen atoms in total. The summed E-state index contributed by atoms with van der Waals surface area (Å²) in [5, 5.41) is 0. The molecule has 0 amide bonds. The molecule has 0 aliphatic carbocycles. The summed E-state index contributed by atoms with van der Waals surface area (Å²) in [5.74, 6) is 1.19. The van der Waals surface area contributed by atoms with E-state index < -0.39 is 0 Å². The molecule has 3 rings (SSSR count). The first-order valence-corrected chi connectivity index (χ1v) is 6.49. The second-order valence-corrected chi connectivity index (χ2v) is 4.81. The highest BCUT2D eigenvalue weighted by molar-refractivity contribution is 5.97. The van der Waals surface area contributed by atoms with Crippen molar-refractivity contribution in [1.29, 1.82) is 0 Å². The van der Waals surface area contributed by atoms with Crippen molar-refractivity contribution in [3.63, 3.8) is 0 Å². The number of fused-ring (bicyclic) bond motifs is 1. The van der Waals surface area contributed by atoms with Gasteiger partial charge in [0.15, 0.2) is 0 Å². The van der Waals surface area contributed by atoms with Gasteiger partial charge in [-0.3, -0.25) is 4.99 Å². The second-order valence-electron chi connectivity index (χ2n) is 4.81. The molecule has 0 spiro atoms. The lowest BCUT2D eigenvalue weighted by Gasteiger charge is -2.28. The summed E-state index contributed by atoms with van der Waals surface area (Å²) in [4.78, 5) is 9.51. The maximum atomic E-state index is 4.69. The van der Waals surface area contributed by atoms with Crippen molar-refractivity contribution in [2.45, 2.75) is 19.8 Å². The molecule has 1 fully saturated rings. The molecule has 3 heteroatoms. The number of rotatable bonds is 1. The SMILES string of the molecule is Cc1ccccc1N1CCCCN2CCN=C21. The lowest BCUT2D eigenvalue weighted by Crippen LogP contribution is -2.40. The normalized spacial score (nSPS) is 19.9. The van der Waals surface area contributed by atoms with E-state index in [1.807, 2.05) is 0 Å². The molecule has 0 bridgehead atoms. The van der Waals surface area contributed by atoms with E-state index in [-0.39, 0.29) is 0 Å².